The lowest BCUT2D eigenvalue weighted by Gasteiger charge is -2.25. The van der Waals surface area contributed by atoms with E-state index in [0.29, 0.717) is 25.1 Å². The van der Waals surface area contributed by atoms with Crippen LogP contribution in [-0.2, 0) is 9.53 Å². The molecule has 1 aliphatic rings. The van der Waals surface area contributed by atoms with Gasteiger partial charge in [0.15, 0.2) is 4.80 Å². The number of nitrogens with zero attached hydrogens (tertiary/aromatic N) is 3. The maximum absolute atomic E-state index is 13.6. The smallest absolute Gasteiger partial charge is 0.338 e. The zero-order valence-electron chi connectivity index (χ0n) is 19.2. The molecule has 1 N–H and O–H groups in total. The highest BCUT2D eigenvalue weighted by Gasteiger charge is 2.33. The normalized spacial score (nSPS) is 15.7. The molecule has 0 spiro atoms. The van der Waals surface area contributed by atoms with Crippen molar-refractivity contribution in [3.05, 3.63) is 89.0 Å². The van der Waals surface area contributed by atoms with Gasteiger partial charge in [-0.3, -0.25) is 9.36 Å². The monoisotopic (exact) mass is 541 g/mol. The number of aromatic nitrogens is 1. The molecule has 1 atom stereocenters. The topological polar surface area (TPSA) is 84.1 Å². The molecule has 0 fully saturated rings. The number of carbonyl (C=O) groups excluding carboxylic acids is 1. The quantitative estimate of drug-likeness (QED) is 0.501. The van der Waals surface area contributed by atoms with E-state index >= 15 is 0 Å². The molecule has 0 radical (unpaired) electrons. The van der Waals surface area contributed by atoms with E-state index in [4.69, 9.17) is 4.74 Å². The lowest BCUT2D eigenvalue weighted by Crippen LogP contribution is -2.39. The summed E-state index contributed by atoms with van der Waals surface area (Å²) in [5.41, 5.74) is 3.19. The van der Waals surface area contributed by atoms with Crippen LogP contribution in [0.4, 0.5) is 5.69 Å². The van der Waals surface area contributed by atoms with E-state index in [9.17, 15) is 14.7 Å². The third-order valence-corrected chi connectivity index (χ3v) is 7.13. The van der Waals surface area contributed by atoms with Gasteiger partial charge in [-0.1, -0.05) is 29.5 Å². The summed E-state index contributed by atoms with van der Waals surface area (Å²) >= 11 is 4.57. The molecule has 4 rings (SSSR count). The second-order valence-corrected chi connectivity index (χ2v) is 9.86. The average Bonchev–Trinajstić information content (AvgIpc) is 3.10. The highest BCUT2D eigenvalue weighted by atomic mass is 79.9. The zero-order chi connectivity index (χ0) is 24.6. The van der Waals surface area contributed by atoms with E-state index < -0.39 is 12.0 Å². The molecule has 0 amide bonds. The Bertz CT molecular complexity index is 1470. The largest absolute Gasteiger partial charge is 0.507 e. The van der Waals surface area contributed by atoms with E-state index in [0.717, 1.165) is 16.8 Å². The van der Waals surface area contributed by atoms with Crippen LogP contribution in [0.2, 0.25) is 0 Å². The molecule has 9 heteroatoms. The number of benzene rings is 2. The standard InChI is InChI=1S/C25H24BrN3O4S/c1-5-33-24(32)21-14(2)27-25-29(22(21)16-7-9-17(10-8-16)28(3)4)23(31)20(34-25)13-15-6-11-19(30)18(26)12-15/h6-13,22,30H,5H2,1-4H3/b20-13-/t22-/m0/s1. The van der Waals surface area contributed by atoms with E-state index in [1.54, 1.807) is 42.7 Å². The van der Waals surface area contributed by atoms with Crippen LogP contribution in [0, 0.1) is 0 Å². The fourth-order valence-electron chi connectivity index (χ4n) is 3.83. The van der Waals surface area contributed by atoms with Crippen molar-refractivity contribution < 1.29 is 14.6 Å². The zero-order valence-corrected chi connectivity index (χ0v) is 21.6. The number of carbonyl (C=O) groups is 1. The van der Waals surface area contributed by atoms with E-state index in [2.05, 4.69) is 20.9 Å². The number of esters is 1. The number of halogens is 1. The number of hydrogen-bond acceptors (Lipinski definition) is 7. The third kappa shape index (κ3) is 4.45. The summed E-state index contributed by atoms with van der Waals surface area (Å²) in [5, 5.41) is 9.77. The molecule has 3 aromatic rings. The summed E-state index contributed by atoms with van der Waals surface area (Å²) in [6.07, 6.45) is 1.75. The van der Waals surface area contributed by atoms with Gasteiger partial charge in [-0.25, -0.2) is 9.79 Å². The van der Waals surface area contributed by atoms with Crippen molar-refractivity contribution in [2.45, 2.75) is 19.9 Å². The first-order valence-electron chi connectivity index (χ1n) is 10.7. The van der Waals surface area contributed by atoms with Crippen LogP contribution < -0.4 is 19.8 Å². The van der Waals surface area contributed by atoms with Gasteiger partial charge >= 0.3 is 5.97 Å². The summed E-state index contributed by atoms with van der Waals surface area (Å²) in [4.78, 5) is 33.6. The maximum atomic E-state index is 13.6. The number of thiazole rings is 1. The molecule has 0 saturated heterocycles. The Balaban J connectivity index is 1.93. The van der Waals surface area contributed by atoms with Gasteiger partial charge in [0.05, 0.1) is 32.9 Å². The highest BCUT2D eigenvalue weighted by molar-refractivity contribution is 9.10. The Morgan fingerprint density at radius 2 is 1.97 bits per heavy atom. The molecular weight excluding hydrogens is 518 g/mol. The lowest BCUT2D eigenvalue weighted by molar-refractivity contribution is -0.139. The van der Waals surface area contributed by atoms with Gasteiger partial charge in [0.1, 0.15) is 5.75 Å². The number of phenols is 1. The second-order valence-electron chi connectivity index (χ2n) is 8.00. The Kier molecular flexibility index (Phi) is 6.77. The van der Waals surface area contributed by atoms with Crippen molar-refractivity contribution >= 4 is 45.0 Å². The van der Waals surface area contributed by atoms with Crippen molar-refractivity contribution in [1.82, 2.24) is 4.57 Å². The number of aromatic hydroxyl groups is 1. The van der Waals surface area contributed by atoms with Crippen LogP contribution in [0.15, 0.2) is 68.0 Å². The van der Waals surface area contributed by atoms with Crippen LogP contribution >= 0.6 is 27.3 Å². The van der Waals surface area contributed by atoms with E-state index in [-0.39, 0.29) is 17.9 Å². The predicted octanol–water partition coefficient (Wildman–Crippen LogP) is 3.33. The van der Waals surface area contributed by atoms with Crippen LogP contribution in [0.3, 0.4) is 0 Å². The molecule has 1 aliphatic heterocycles. The first-order valence-corrected chi connectivity index (χ1v) is 12.3. The number of allylic oxidation sites excluding steroid dienone is 1. The number of anilines is 1. The summed E-state index contributed by atoms with van der Waals surface area (Å²) in [5.74, 6) is -0.364. The van der Waals surface area contributed by atoms with Crippen LogP contribution in [0.5, 0.6) is 5.75 Å². The Hall–Kier alpha value is -3.17. The molecule has 0 bridgehead atoms. The van der Waals surface area contributed by atoms with Crippen molar-refractivity contribution in [3.8, 4) is 5.75 Å². The molecule has 2 heterocycles. The first-order chi connectivity index (χ1) is 16.2. The van der Waals surface area contributed by atoms with Crippen LogP contribution in [0.25, 0.3) is 6.08 Å². The van der Waals surface area contributed by atoms with Crippen molar-refractivity contribution in [2.24, 2.45) is 4.99 Å². The first kappa shape index (κ1) is 24.0. The minimum absolute atomic E-state index is 0.120. The highest BCUT2D eigenvalue weighted by Crippen LogP contribution is 2.31. The van der Waals surface area contributed by atoms with E-state index in [1.807, 2.05) is 43.3 Å². The molecule has 1 aromatic heterocycles. The maximum Gasteiger partial charge on any atom is 0.338 e. The number of phenolic OH excluding ortho intramolecular Hbond substituents is 1. The second kappa shape index (κ2) is 9.60. The molecule has 0 aliphatic carbocycles. The molecule has 2 aromatic carbocycles. The summed E-state index contributed by atoms with van der Waals surface area (Å²) < 4.78 is 7.91. The molecule has 176 valence electrons. The van der Waals surface area contributed by atoms with Gasteiger partial charge in [-0.2, -0.15) is 0 Å². The Morgan fingerprint density at radius 1 is 1.26 bits per heavy atom. The minimum Gasteiger partial charge on any atom is -0.507 e. The van der Waals surface area contributed by atoms with Gasteiger partial charge in [0.2, 0.25) is 0 Å². The number of hydrogen-bond donors (Lipinski definition) is 1. The molecule has 34 heavy (non-hydrogen) atoms. The summed E-state index contributed by atoms with van der Waals surface area (Å²) in [6.45, 7) is 3.74. The average molecular weight is 542 g/mol. The Morgan fingerprint density at radius 3 is 2.59 bits per heavy atom. The predicted molar refractivity (Wildman–Crippen MR) is 137 cm³/mol. The van der Waals surface area contributed by atoms with Crippen LogP contribution in [0.1, 0.15) is 31.0 Å². The van der Waals surface area contributed by atoms with E-state index in [1.165, 1.54) is 11.3 Å². The van der Waals surface area contributed by atoms with Gasteiger partial charge in [-0.15, -0.1) is 0 Å². The van der Waals surface area contributed by atoms with Gasteiger partial charge < -0.3 is 14.7 Å². The van der Waals surface area contributed by atoms with Crippen molar-refractivity contribution in [1.29, 1.82) is 0 Å². The number of ether oxygens (including phenoxy) is 1. The summed E-state index contributed by atoms with van der Waals surface area (Å²) in [7, 11) is 3.90. The molecule has 0 saturated carbocycles. The van der Waals surface area contributed by atoms with Gasteiger partial charge in [0, 0.05) is 19.8 Å². The number of rotatable bonds is 5. The van der Waals surface area contributed by atoms with Crippen molar-refractivity contribution in [2.75, 3.05) is 25.6 Å². The molecule has 0 unspecified atom stereocenters. The fourth-order valence-corrected chi connectivity index (χ4v) is 5.27. The number of fused-ring (bicyclic) bond motifs is 1. The SMILES string of the molecule is CCOC(=O)C1=C(C)N=c2s/c(=C\c3ccc(O)c(Br)c3)c(=O)n2[C@H]1c1ccc(N(C)C)cc1. The van der Waals surface area contributed by atoms with Crippen molar-refractivity contribution in [3.63, 3.8) is 0 Å². The van der Waals surface area contributed by atoms with Gasteiger partial charge in [0.25, 0.3) is 5.56 Å². The fraction of sp³-hybridized carbons (Fsp3) is 0.240. The van der Waals surface area contributed by atoms with Gasteiger partial charge in [-0.05, 0) is 71.2 Å². The Labute approximate surface area is 209 Å². The third-order valence-electron chi connectivity index (χ3n) is 5.51. The lowest BCUT2D eigenvalue weighted by atomic mass is 9.95. The molecule has 7 nitrogen and oxygen atoms in total. The molecular formula is C25H24BrN3O4S. The summed E-state index contributed by atoms with van der Waals surface area (Å²) in [6, 6.07) is 12.1. The minimum atomic E-state index is -0.653. The van der Waals surface area contributed by atoms with Crippen LogP contribution in [-0.4, -0.2) is 36.3 Å².